The molecule has 1 aromatic heterocycles. The fourth-order valence-corrected chi connectivity index (χ4v) is 3.49. The van der Waals surface area contributed by atoms with Gasteiger partial charge in [-0.05, 0) is 36.2 Å². The van der Waals surface area contributed by atoms with Crippen LogP contribution >= 0.6 is 11.6 Å². The molecule has 138 valence electrons. The number of anilines is 1. The van der Waals surface area contributed by atoms with Gasteiger partial charge in [0.25, 0.3) is 5.91 Å². The molecule has 3 aromatic rings. The van der Waals surface area contributed by atoms with Crippen LogP contribution in [-0.4, -0.2) is 47.2 Å². The summed E-state index contributed by atoms with van der Waals surface area (Å²) in [5, 5.41) is 8.29. The highest BCUT2D eigenvalue weighted by atomic mass is 35.5. The predicted octanol–water partition coefficient (Wildman–Crippen LogP) is 4.08. The van der Waals surface area contributed by atoms with Crippen molar-refractivity contribution < 1.29 is 4.79 Å². The van der Waals surface area contributed by atoms with Crippen LogP contribution in [0.2, 0.25) is 5.02 Å². The molecular formula is C21H21ClN4O. The van der Waals surface area contributed by atoms with Crippen LogP contribution in [0.5, 0.6) is 0 Å². The molecule has 6 heteroatoms. The molecule has 1 saturated heterocycles. The minimum absolute atomic E-state index is 0.0985. The van der Waals surface area contributed by atoms with Crippen molar-refractivity contribution in [2.45, 2.75) is 6.42 Å². The fourth-order valence-electron chi connectivity index (χ4n) is 3.36. The molecule has 27 heavy (non-hydrogen) atoms. The summed E-state index contributed by atoms with van der Waals surface area (Å²) in [7, 11) is 0. The molecule has 2 aromatic carbocycles. The molecule has 1 aliphatic rings. The smallest absolute Gasteiger partial charge is 0.253 e. The third kappa shape index (κ3) is 3.98. The Kier molecular flexibility index (Phi) is 5.12. The molecule has 1 N–H and O–H groups in total. The standard InChI is InChI=1S/C21H21ClN4O/c22-18-9-7-16(8-10-18)19-15-20(24-23-19)25-11-4-12-26(14-13-25)21(27)17-5-2-1-3-6-17/h1-3,5-10,15H,4,11-14H2,(H,23,24). The van der Waals surface area contributed by atoms with Crippen LogP contribution in [0, 0.1) is 0 Å². The maximum atomic E-state index is 12.7. The first-order chi connectivity index (χ1) is 13.2. The lowest BCUT2D eigenvalue weighted by molar-refractivity contribution is 0.0767. The molecule has 0 bridgehead atoms. The number of nitrogens with one attached hydrogen (secondary N) is 1. The molecule has 0 radical (unpaired) electrons. The maximum absolute atomic E-state index is 12.7. The molecule has 1 fully saturated rings. The van der Waals surface area contributed by atoms with Crippen molar-refractivity contribution in [3.05, 3.63) is 71.2 Å². The summed E-state index contributed by atoms with van der Waals surface area (Å²) in [6, 6.07) is 19.2. The van der Waals surface area contributed by atoms with Crippen molar-refractivity contribution in [1.29, 1.82) is 0 Å². The van der Waals surface area contributed by atoms with Gasteiger partial charge in [0.15, 0.2) is 5.82 Å². The second-order valence-electron chi connectivity index (χ2n) is 6.65. The number of benzene rings is 2. The van der Waals surface area contributed by atoms with Gasteiger partial charge in [0.05, 0.1) is 5.69 Å². The zero-order chi connectivity index (χ0) is 18.6. The van der Waals surface area contributed by atoms with Crippen molar-refractivity contribution in [3.63, 3.8) is 0 Å². The Morgan fingerprint density at radius 3 is 2.52 bits per heavy atom. The second kappa shape index (κ2) is 7.84. The van der Waals surface area contributed by atoms with E-state index in [-0.39, 0.29) is 5.91 Å². The summed E-state index contributed by atoms with van der Waals surface area (Å²) in [6.45, 7) is 3.10. The summed E-state index contributed by atoms with van der Waals surface area (Å²) in [5.74, 6) is 1.01. The molecule has 0 atom stereocenters. The highest BCUT2D eigenvalue weighted by Gasteiger charge is 2.21. The fraction of sp³-hybridized carbons (Fsp3) is 0.238. The minimum Gasteiger partial charge on any atom is -0.353 e. The van der Waals surface area contributed by atoms with E-state index in [1.54, 1.807) is 0 Å². The van der Waals surface area contributed by atoms with Crippen LogP contribution in [0.15, 0.2) is 60.7 Å². The summed E-state index contributed by atoms with van der Waals surface area (Å²) < 4.78 is 0. The number of aromatic nitrogens is 2. The SMILES string of the molecule is O=C(c1ccccc1)N1CCCN(c2cc(-c3ccc(Cl)cc3)[nH]n2)CC1. The number of hydrogen-bond donors (Lipinski definition) is 1. The highest BCUT2D eigenvalue weighted by Crippen LogP contribution is 2.24. The second-order valence-corrected chi connectivity index (χ2v) is 7.08. The van der Waals surface area contributed by atoms with Gasteiger partial charge in [-0.1, -0.05) is 41.9 Å². The monoisotopic (exact) mass is 380 g/mol. The summed E-state index contributed by atoms with van der Waals surface area (Å²) >= 11 is 5.96. The van der Waals surface area contributed by atoms with Crippen molar-refractivity contribution in [3.8, 4) is 11.3 Å². The largest absolute Gasteiger partial charge is 0.353 e. The first-order valence-electron chi connectivity index (χ1n) is 9.11. The maximum Gasteiger partial charge on any atom is 0.253 e. The van der Waals surface area contributed by atoms with E-state index in [2.05, 4.69) is 21.2 Å². The molecule has 0 unspecified atom stereocenters. The van der Waals surface area contributed by atoms with Crippen molar-refractivity contribution in [2.24, 2.45) is 0 Å². The van der Waals surface area contributed by atoms with Crippen molar-refractivity contribution in [1.82, 2.24) is 15.1 Å². The molecule has 1 aliphatic heterocycles. The first kappa shape index (κ1) is 17.6. The van der Waals surface area contributed by atoms with Crippen LogP contribution in [-0.2, 0) is 0 Å². The number of halogens is 1. The summed E-state index contributed by atoms with van der Waals surface area (Å²) in [5.41, 5.74) is 2.76. The number of hydrogen-bond acceptors (Lipinski definition) is 3. The summed E-state index contributed by atoms with van der Waals surface area (Å²) in [4.78, 5) is 16.9. The lowest BCUT2D eigenvalue weighted by Crippen LogP contribution is -2.35. The van der Waals surface area contributed by atoms with Gasteiger partial charge in [-0.2, -0.15) is 5.10 Å². The predicted molar refractivity (Wildman–Crippen MR) is 108 cm³/mol. The van der Waals surface area contributed by atoms with Gasteiger partial charge in [-0.15, -0.1) is 0 Å². The van der Waals surface area contributed by atoms with Crippen LogP contribution in [0.25, 0.3) is 11.3 Å². The molecule has 0 saturated carbocycles. The quantitative estimate of drug-likeness (QED) is 0.744. The third-order valence-electron chi connectivity index (χ3n) is 4.85. The molecule has 2 heterocycles. The molecular weight excluding hydrogens is 360 g/mol. The van der Waals surface area contributed by atoms with E-state index in [1.807, 2.05) is 59.5 Å². The molecule has 0 aliphatic carbocycles. The van der Waals surface area contributed by atoms with E-state index < -0.39 is 0 Å². The van der Waals surface area contributed by atoms with Gasteiger partial charge < -0.3 is 9.80 Å². The van der Waals surface area contributed by atoms with Gasteiger partial charge in [0.1, 0.15) is 0 Å². The number of nitrogens with zero attached hydrogens (tertiary/aromatic N) is 3. The topological polar surface area (TPSA) is 52.2 Å². The van der Waals surface area contributed by atoms with E-state index in [0.717, 1.165) is 48.7 Å². The Balaban J connectivity index is 1.44. The Bertz CT molecular complexity index is 907. The van der Waals surface area contributed by atoms with Gasteiger partial charge in [-0.3, -0.25) is 9.89 Å². The van der Waals surface area contributed by atoms with Crippen LogP contribution < -0.4 is 4.90 Å². The lowest BCUT2D eigenvalue weighted by atomic mass is 10.1. The Morgan fingerprint density at radius 2 is 1.74 bits per heavy atom. The van der Waals surface area contributed by atoms with Gasteiger partial charge in [0.2, 0.25) is 0 Å². The van der Waals surface area contributed by atoms with E-state index in [4.69, 9.17) is 11.6 Å². The van der Waals surface area contributed by atoms with E-state index >= 15 is 0 Å². The number of amides is 1. The Hall–Kier alpha value is -2.79. The first-order valence-corrected chi connectivity index (χ1v) is 9.49. The molecule has 0 spiro atoms. The van der Waals surface area contributed by atoms with E-state index in [9.17, 15) is 4.79 Å². The number of H-pyrrole nitrogens is 1. The van der Waals surface area contributed by atoms with Crippen molar-refractivity contribution >= 4 is 23.3 Å². The van der Waals surface area contributed by atoms with Gasteiger partial charge in [0, 0.05) is 42.8 Å². The lowest BCUT2D eigenvalue weighted by Gasteiger charge is -2.22. The van der Waals surface area contributed by atoms with E-state index in [1.165, 1.54) is 0 Å². The number of aromatic amines is 1. The molecule has 5 nitrogen and oxygen atoms in total. The van der Waals surface area contributed by atoms with E-state index in [0.29, 0.717) is 11.6 Å². The van der Waals surface area contributed by atoms with Crippen LogP contribution in [0.1, 0.15) is 16.8 Å². The Labute approximate surface area is 163 Å². The number of carbonyl (C=O) groups is 1. The van der Waals surface area contributed by atoms with Crippen LogP contribution in [0.3, 0.4) is 0 Å². The van der Waals surface area contributed by atoms with Gasteiger partial charge in [-0.25, -0.2) is 0 Å². The average Bonchev–Trinajstić information content (AvgIpc) is 3.07. The highest BCUT2D eigenvalue weighted by molar-refractivity contribution is 6.30. The average molecular weight is 381 g/mol. The van der Waals surface area contributed by atoms with Crippen molar-refractivity contribution in [2.75, 3.05) is 31.1 Å². The zero-order valence-electron chi connectivity index (χ0n) is 14.9. The third-order valence-corrected chi connectivity index (χ3v) is 5.10. The van der Waals surface area contributed by atoms with Crippen LogP contribution in [0.4, 0.5) is 5.82 Å². The number of carbonyl (C=O) groups excluding carboxylic acids is 1. The zero-order valence-corrected chi connectivity index (χ0v) is 15.7. The number of rotatable bonds is 3. The minimum atomic E-state index is 0.0985. The summed E-state index contributed by atoms with van der Waals surface area (Å²) in [6.07, 6.45) is 0.918. The normalized spacial score (nSPS) is 14.9. The van der Waals surface area contributed by atoms with Gasteiger partial charge >= 0.3 is 0 Å². The molecule has 1 amide bonds. The Morgan fingerprint density at radius 1 is 0.963 bits per heavy atom. The molecule has 4 rings (SSSR count).